The van der Waals surface area contributed by atoms with Gasteiger partial charge in [-0.2, -0.15) is 0 Å². The number of aromatic nitrogens is 2. The minimum absolute atomic E-state index is 0.0642. The van der Waals surface area contributed by atoms with Crippen LogP contribution in [0.15, 0.2) is 36.7 Å². The average molecular weight is 336 g/mol. The molecule has 2 aliphatic heterocycles. The lowest BCUT2D eigenvalue weighted by molar-refractivity contribution is -0.136. The molecule has 1 amide bonds. The summed E-state index contributed by atoms with van der Waals surface area (Å²) < 4.78 is 0. The summed E-state index contributed by atoms with van der Waals surface area (Å²) in [6.07, 6.45) is 4.57. The van der Waals surface area contributed by atoms with Crippen LogP contribution in [0.4, 0.5) is 5.82 Å². The number of hydrogen-bond donors (Lipinski definition) is 0. The molecule has 1 aromatic carbocycles. The van der Waals surface area contributed by atoms with E-state index in [0.29, 0.717) is 5.91 Å². The number of anilines is 1. The van der Waals surface area contributed by atoms with Gasteiger partial charge in [0.15, 0.2) is 0 Å². The Morgan fingerprint density at radius 3 is 2.84 bits per heavy atom. The average Bonchev–Trinajstić information content (AvgIpc) is 2.67. The lowest BCUT2D eigenvalue weighted by atomic mass is 9.94. The molecule has 5 nitrogen and oxygen atoms in total. The highest BCUT2D eigenvalue weighted by molar-refractivity contribution is 5.80. The molecular weight excluding hydrogens is 312 g/mol. The fourth-order valence-electron chi connectivity index (χ4n) is 3.94. The number of piperidine rings is 1. The van der Waals surface area contributed by atoms with Crippen molar-refractivity contribution in [2.75, 3.05) is 24.5 Å². The summed E-state index contributed by atoms with van der Waals surface area (Å²) in [6.45, 7) is 5.27. The van der Waals surface area contributed by atoms with E-state index in [1.807, 2.05) is 17.9 Å². The van der Waals surface area contributed by atoms with Gasteiger partial charge >= 0.3 is 0 Å². The third-order valence-corrected chi connectivity index (χ3v) is 5.33. The third-order valence-electron chi connectivity index (χ3n) is 5.33. The highest BCUT2D eigenvalue weighted by atomic mass is 16.2. The Bertz CT molecular complexity index is 776. The van der Waals surface area contributed by atoms with E-state index in [2.05, 4.69) is 39.1 Å². The van der Waals surface area contributed by atoms with Crippen LogP contribution in [0.5, 0.6) is 0 Å². The van der Waals surface area contributed by atoms with Crippen LogP contribution in [0.3, 0.4) is 0 Å². The van der Waals surface area contributed by atoms with Crippen LogP contribution < -0.4 is 4.90 Å². The number of benzene rings is 1. The summed E-state index contributed by atoms with van der Waals surface area (Å²) in [7, 11) is 0. The van der Waals surface area contributed by atoms with Crippen LogP contribution in [-0.4, -0.2) is 40.4 Å². The maximum absolute atomic E-state index is 13.1. The molecule has 2 aliphatic rings. The van der Waals surface area contributed by atoms with Crippen LogP contribution in [0.2, 0.25) is 0 Å². The molecule has 1 saturated heterocycles. The van der Waals surface area contributed by atoms with Crippen molar-refractivity contribution in [3.8, 4) is 0 Å². The number of rotatable bonds is 2. The van der Waals surface area contributed by atoms with E-state index in [0.717, 1.165) is 57.0 Å². The normalized spacial score (nSPS) is 20.3. The molecule has 4 rings (SSSR count). The topological polar surface area (TPSA) is 49.3 Å². The number of amides is 1. The molecule has 5 heteroatoms. The first-order valence-electron chi connectivity index (χ1n) is 9.10. The van der Waals surface area contributed by atoms with Gasteiger partial charge in [0, 0.05) is 37.9 Å². The minimum atomic E-state index is 0.0642. The molecule has 0 aliphatic carbocycles. The zero-order valence-electron chi connectivity index (χ0n) is 14.7. The van der Waals surface area contributed by atoms with Crippen molar-refractivity contribution in [3.05, 3.63) is 53.5 Å². The van der Waals surface area contributed by atoms with Gasteiger partial charge in [0.2, 0.25) is 5.91 Å². The minimum Gasteiger partial charge on any atom is -0.356 e. The molecule has 1 fully saturated rings. The van der Waals surface area contributed by atoms with E-state index < -0.39 is 0 Å². The van der Waals surface area contributed by atoms with Gasteiger partial charge in [0.25, 0.3) is 0 Å². The van der Waals surface area contributed by atoms with E-state index in [1.54, 1.807) is 6.33 Å². The molecule has 2 aromatic rings. The molecular formula is C20H24N4O. The smallest absolute Gasteiger partial charge is 0.227 e. The first-order valence-corrected chi connectivity index (χ1v) is 9.10. The van der Waals surface area contributed by atoms with Gasteiger partial charge in [-0.05, 0) is 37.3 Å². The van der Waals surface area contributed by atoms with E-state index in [-0.39, 0.29) is 5.92 Å². The molecule has 1 unspecified atom stereocenters. The van der Waals surface area contributed by atoms with Gasteiger partial charge in [0.05, 0.1) is 5.92 Å². The third kappa shape index (κ3) is 3.36. The molecule has 3 heterocycles. The number of carbonyl (C=O) groups is 1. The standard InChI is InChI=1S/C20H24N4O/c1-15-11-19(22-14-21-15)23-9-4-7-18(13-23)20(25)24-10-8-16-5-2-3-6-17(16)12-24/h2-3,5-6,11,14,18H,4,7-10,12-13H2,1H3. The Morgan fingerprint density at radius 1 is 1.16 bits per heavy atom. The largest absolute Gasteiger partial charge is 0.356 e. The predicted molar refractivity (Wildman–Crippen MR) is 97.3 cm³/mol. The van der Waals surface area contributed by atoms with Crippen LogP contribution in [0.1, 0.15) is 29.7 Å². The maximum atomic E-state index is 13.1. The number of carbonyl (C=O) groups excluding carboxylic acids is 1. The SMILES string of the molecule is Cc1cc(N2CCCC(C(=O)N3CCc4ccccc4C3)C2)ncn1. The van der Waals surface area contributed by atoms with E-state index in [9.17, 15) is 4.79 Å². The van der Waals surface area contributed by atoms with Crippen LogP contribution in [-0.2, 0) is 17.8 Å². The highest BCUT2D eigenvalue weighted by Crippen LogP contribution is 2.26. The Labute approximate surface area is 148 Å². The molecule has 25 heavy (non-hydrogen) atoms. The molecule has 1 atom stereocenters. The van der Waals surface area contributed by atoms with E-state index >= 15 is 0 Å². The van der Waals surface area contributed by atoms with E-state index in [1.165, 1.54) is 11.1 Å². The molecule has 0 radical (unpaired) electrons. The van der Waals surface area contributed by atoms with Crippen LogP contribution >= 0.6 is 0 Å². The second-order valence-electron chi connectivity index (χ2n) is 7.08. The fraction of sp³-hybridized carbons (Fsp3) is 0.450. The number of aryl methyl sites for hydroxylation is 1. The zero-order valence-corrected chi connectivity index (χ0v) is 14.7. The van der Waals surface area contributed by atoms with Gasteiger partial charge in [-0.25, -0.2) is 9.97 Å². The Hall–Kier alpha value is -2.43. The van der Waals surface area contributed by atoms with Gasteiger partial charge in [-0.1, -0.05) is 24.3 Å². The zero-order chi connectivity index (χ0) is 17.2. The first-order chi connectivity index (χ1) is 12.2. The quantitative estimate of drug-likeness (QED) is 0.846. The summed E-state index contributed by atoms with van der Waals surface area (Å²) in [5, 5.41) is 0. The molecule has 1 aromatic heterocycles. The summed E-state index contributed by atoms with van der Waals surface area (Å²) in [6, 6.07) is 10.5. The Morgan fingerprint density at radius 2 is 2.00 bits per heavy atom. The van der Waals surface area contributed by atoms with Crippen molar-refractivity contribution in [1.82, 2.24) is 14.9 Å². The monoisotopic (exact) mass is 336 g/mol. The van der Waals surface area contributed by atoms with Gasteiger partial charge in [0.1, 0.15) is 12.1 Å². The molecule has 0 N–H and O–H groups in total. The van der Waals surface area contributed by atoms with Crippen molar-refractivity contribution < 1.29 is 4.79 Å². The first kappa shape index (κ1) is 16.1. The number of fused-ring (bicyclic) bond motifs is 1. The van der Waals surface area contributed by atoms with Crippen molar-refractivity contribution in [2.45, 2.75) is 32.7 Å². The summed E-state index contributed by atoms with van der Waals surface area (Å²) in [4.78, 5) is 25.9. The van der Waals surface area contributed by atoms with Crippen molar-refractivity contribution in [2.24, 2.45) is 5.92 Å². The Kier molecular flexibility index (Phi) is 4.38. The number of nitrogens with zero attached hydrogens (tertiary/aromatic N) is 4. The summed E-state index contributed by atoms with van der Waals surface area (Å²) in [5.74, 6) is 1.30. The van der Waals surface area contributed by atoms with E-state index in [4.69, 9.17) is 0 Å². The van der Waals surface area contributed by atoms with Crippen molar-refractivity contribution >= 4 is 11.7 Å². The lowest BCUT2D eigenvalue weighted by Gasteiger charge is -2.37. The molecule has 130 valence electrons. The molecule has 0 bridgehead atoms. The van der Waals surface area contributed by atoms with Crippen molar-refractivity contribution in [1.29, 1.82) is 0 Å². The van der Waals surface area contributed by atoms with Gasteiger partial charge < -0.3 is 9.80 Å². The van der Waals surface area contributed by atoms with Crippen LogP contribution in [0, 0.1) is 12.8 Å². The number of hydrogen-bond acceptors (Lipinski definition) is 4. The lowest BCUT2D eigenvalue weighted by Crippen LogP contribution is -2.46. The molecule has 0 saturated carbocycles. The second kappa shape index (κ2) is 6.82. The maximum Gasteiger partial charge on any atom is 0.227 e. The summed E-state index contributed by atoms with van der Waals surface area (Å²) in [5.41, 5.74) is 3.64. The predicted octanol–water partition coefficient (Wildman–Crippen LogP) is 2.59. The van der Waals surface area contributed by atoms with Gasteiger partial charge in [-0.15, -0.1) is 0 Å². The fourth-order valence-corrected chi connectivity index (χ4v) is 3.94. The second-order valence-corrected chi connectivity index (χ2v) is 7.08. The molecule has 0 spiro atoms. The highest BCUT2D eigenvalue weighted by Gasteiger charge is 2.31. The van der Waals surface area contributed by atoms with Crippen molar-refractivity contribution in [3.63, 3.8) is 0 Å². The van der Waals surface area contributed by atoms with Crippen LogP contribution in [0.25, 0.3) is 0 Å². The Balaban J connectivity index is 1.45. The summed E-state index contributed by atoms with van der Waals surface area (Å²) >= 11 is 0. The van der Waals surface area contributed by atoms with Gasteiger partial charge in [-0.3, -0.25) is 4.79 Å².